The molecule has 3 heteroatoms. The van der Waals surface area contributed by atoms with Gasteiger partial charge in [0.25, 0.3) is 0 Å². The molecule has 0 heterocycles. The van der Waals surface area contributed by atoms with Crippen LogP contribution in [-0.4, -0.2) is 0 Å². The zero-order valence-corrected chi connectivity index (χ0v) is 12.9. The van der Waals surface area contributed by atoms with Gasteiger partial charge in [-0.3, -0.25) is 0 Å². The minimum absolute atomic E-state index is 0.614. The number of hydrogen-bond donors (Lipinski definition) is 0. The molecular formula is C14H12BrIO. The lowest BCUT2D eigenvalue weighted by Crippen LogP contribution is -1.96. The van der Waals surface area contributed by atoms with E-state index in [1.54, 1.807) is 0 Å². The maximum atomic E-state index is 5.77. The predicted molar refractivity (Wildman–Crippen MR) is 82.6 cm³/mol. The second kappa shape index (κ2) is 6.40. The quantitative estimate of drug-likeness (QED) is 0.529. The maximum Gasteiger partial charge on any atom is 0.120 e. The highest BCUT2D eigenvalue weighted by Gasteiger charge is 2.01. The van der Waals surface area contributed by atoms with Crippen molar-refractivity contribution in [3.05, 3.63) is 63.2 Å². The molecule has 0 N–H and O–H groups in total. The molecular weight excluding hydrogens is 391 g/mol. The molecule has 0 saturated carbocycles. The van der Waals surface area contributed by atoms with Crippen LogP contribution in [0.2, 0.25) is 0 Å². The van der Waals surface area contributed by atoms with Crippen molar-refractivity contribution in [2.24, 2.45) is 0 Å². The van der Waals surface area contributed by atoms with E-state index in [0.29, 0.717) is 6.61 Å². The summed E-state index contributed by atoms with van der Waals surface area (Å²) in [4.78, 5) is 0. The largest absolute Gasteiger partial charge is 0.489 e. The van der Waals surface area contributed by atoms with Crippen LogP contribution in [0.5, 0.6) is 5.75 Å². The molecule has 0 radical (unpaired) electrons. The Kier molecular flexibility index (Phi) is 4.86. The molecule has 2 aromatic carbocycles. The Hall–Kier alpha value is -0.550. The summed E-state index contributed by atoms with van der Waals surface area (Å²) in [6, 6.07) is 16.4. The Labute approximate surface area is 123 Å². The molecule has 2 aromatic rings. The second-order valence-corrected chi connectivity index (χ2v) is 5.38. The maximum absolute atomic E-state index is 5.77. The number of rotatable bonds is 4. The van der Waals surface area contributed by atoms with Gasteiger partial charge in [-0.05, 0) is 51.9 Å². The van der Waals surface area contributed by atoms with Crippen molar-refractivity contribution in [3.63, 3.8) is 0 Å². The minimum Gasteiger partial charge on any atom is -0.489 e. The van der Waals surface area contributed by atoms with E-state index >= 15 is 0 Å². The topological polar surface area (TPSA) is 9.23 Å². The van der Waals surface area contributed by atoms with E-state index in [0.717, 1.165) is 11.1 Å². The standard InChI is InChI=1S/C14H12BrIO/c15-9-12-8-13(6-7-14(12)16)17-10-11-4-2-1-3-5-11/h1-8H,9-10H2. The summed E-state index contributed by atoms with van der Waals surface area (Å²) >= 11 is 5.81. The van der Waals surface area contributed by atoms with Gasteiger partial charge in [-0.2, -0.15) is 0 Å². The van der Waals surface area contributed by atoms with Crippen molar-refractivity contribution in [1.29, 1.82) is 0 Å². The van der Waals surface area contributed by atoms with E-state index in [1.165, 1.54) is 14.7 Å². The van der Waals surface area contributed by atoms with Crippen LogP contribution in [0, 0.1) is 3.57 Å². The first kappa shape index (κ1) is 12.9. The van der Waals surface area contributed by atoms with Crippen molar-refractivity contribution in [2.75, 3.05) is 0 Å². The lowest BCUT2D eigenvalue weighted by molar-refractivity contribution is 0.306. The summed E-state index contributed by atoms with van der Waals surface area (Å²) in [5, 5.41) is 0.855. The molecule has 0 unspecified atom stereocenters. The summed E-state index contributed by atoms with van der Waals surface area (Å²) in [5.74, 6) is 0.920. The van der Waals surface area contributed by atoms with E-state index in [4.69, 9.17) is 4.74 Å². The first-order chi connectivity index (χ1) is 8.29. The molecule has 0 atom stereocenters. The van der Waals surface area contributed by atoms with Crippen LogP contribution in [0.1, 0.15) is 11.1 Å². The summed E-state index contributed by atoms with van der Waals surface area (Å²) in [7, 11) is 0. The van der Waals surface area contributed by atoms with Gasteiger partial charge in [0.05, 0.1) is 0 Å². The van der Waals surface area contributed by atoms with Crippen LogP contribution in [0.3, 0.4) is 0 Å². The number of ether oxygens (including phenoxy) is 1. The molecule has 0 fully saturated rings. The number of hydrogen-bond acceptors (Lipinski definition) is 1. The first-order valence-corrected chi connectivity index (χ1v) is 7.51. The van der Waals surface area contributed by atoms with Crippen molar-refractivity contribution in [1.82, 2.24) is 0 Å². The Balaban J connectivity index is 2.04. The molecule has 0 bridgehead atoms. The monoisotopic (exact) mass is 402 g/mol. The first-order valence-electron chi connectivity index (χ1n) is 5.30. The fraction of sp³-hybridized carbons (Fsp3) is 0.143. The summed E-state index contributed by atoms with van der Waals surface area (Å²) in [6.07, 6.45) is 0. The molecule has 2 rings (SSSR count). The SMILES string of the molecule is BrCc1cc(OCc2ccccc2)ccc1I. The van der Waals surface area contributed by atoms with Crippen LogP contribution in [0.4, 0.5) is 0 Å². The predicted octanol–water partition coefficient (Wildman–Crippen LogP) is 4.77. The highest BCUT2D eigenvalue weighted by molar-refractivity contribution is 14.1. The van der Waals surface area contributed by atoms with Crippen molar-refractivity contribution in [2.45, 2.75) is 11.9 Å². The smallest absolute Gasteiger partial charge is 0.120 e. The van der Waals surface area contributed by atoms with Crippen molar-refractivity contribution < 1.29 is 4.74 Å². The fourth-order valence-electron chi connectivity index (χ4n) is 1.48. The van der Waals surface area contributed by atoms with Gasteiger partial charge in [-0.1, -0.05) is 46.3 Å². The third-order valence-corrected chi connectivity index (χ3v) is 4.07. The molecule has 0 aliphatic heterocycles. The van der Waals surface area contributed by atoms with Gasteiger partial charge in [-0.15, -0.1) is 0 Å². The van der Waals surface area contributed by atoms with Gasteiger partial charge in [0.2, 0.25) is 0 Å². The fourth-order valence-corrected chi connectivity index (χ4v) is 3.00. The van der Waals surface area contributed by atoms with Crippen LogP contribution >= 0.6 is 38.5 Å². The van der Waals surface area contributed by atoms with Gasteiger partial charge in [0.1, 0.15) is 12.4 Å². The van der Waals surface area contributed by atoms with Gasteiger partial charge >= 0.3 is 0 Å². The number of alkyl halides is 1. The zero-order valence-electron chi connectivity index (χ0n) is 9.20. The highest BCUT2D eigenvalue weighted by Crippen LogP contribution is 2.22. The minimum atomic E-state index is 0.614. The van der Waals surface area contributed by atoms with Crippen molar-refractivity contribution in [3.8, 4) is 5.75 Å². The van der Waals surface area contributed by atoms with Gasteiger partial charge in [0.15, 0.2) is 0 Å². The zero-order chi connectivity index (χ0) is 12.1. The average molecular weight is 403 g/mol. The van der Waals surface area contributed by atoms with E-state index in [1.807, 2.05) is 24.3 Å². The molecule has 88 valence electrons. The van der Waals surface area contributed by atoms with E-state index < -0.39 is 0 Å². The Morgan fingerprint density at radius 3 is 2.53 bits per heavy atom. The highest BCUT2D eigenvalue weighted by atomic mass is 127. The van der Waals surface area contributed by atoms with Crippen LogP contribution in [0.25, 0.3) is 0 Å². The lowest BCUT2D eigenvalue weighted by atomic mass is 10.2. The third kappa shape index (κ3) is 3.71. The van der Waals surface area contributed by atoms with Gasteiger partial charge in [0, 0.05) is 8.90 Å². The summed E-state index contributed by atoms with van der Waals surface area (Å²) in [6.45, 7) is 0.614. The van der Waals surface area contributed by atoms with Crippen LogP contribution in [-0.2, 0) is 11.9 Å². The number of halogens is 2. The van der Waals surface area contributed by atoms with Crippen molar-refractivity contribution >= 4 is 38.5 Å². The van der Waals surface area contributed by atoms with Gasteiger partial charge in [-0.25, -0.2) is 0 Å². The number of benzene rings is 2. The van der Waals surface area contributed by atoms with Gasteiger partial charge < -0.3 is 4.74 Å². The molecule has 1 nitrogen and oxygen atoms in total. The van der Waals surface area contributed by atoms with Crippen LogP contribution < -0.4 is 4.74 Å². The third-order valence-electron chi connectivity index (χ3n) is 2.41. The van der Waals surface area contributed by atoms with E-state index in [2.05, 4.69) is 62.8 Å². The molecule has 0 aliphatic rings. The Bertz CT molecular complexity index is 485. The average Bonchev–Trinajstić information content (AvgIpc) is 2.39. The normalized spacial score (nSPS) is 10.2. The molecule has 0 aliphatic carbocycles. The Morgan fingerprint density at radius 1 is 1.06 bits per heavy atom. The lowest BCUT2D eigenvalue weighted by Gasteiger charge is -2.08. The second-order valence-electron chi connectivity index (χ2n) is 3.66. The summed E-state index contributed by atoms with van der Waals surface area (Å²) in [5.41, 5.74) is 2.45. The Morgan fingerprint density at radius 2 is 1.82 bits per heavy atom. The van der Waals surface area contributed by atoms with Crippen LogP contribution in [0.15, 0.2) is 48.5 Å². The van der Waals surface area contributed by atoms with E-state index in [9.17, 15) is 0 Å². The molecule has 0 amide bonds. The van der Waals surface area contributed by atoms with E-state index in [-0.39, 0.29) is 0 Å². The summed E-state index contributed by atoms with van der Waals surface area (Å²) < 4.78 is 7.02. The molecule has 0 spiro atoms. The molecule has 0 saturated heterocycles. The molecule has 0 aromatic heterocycles. The molecule has 17 heavy (non-hydrogen) atoms.